The lowest BCUT2D eigenvalue weighted by atomic mass is 9.97. The van der Waals surface area contributed by atoms with Gasteiger partial charge in [-0.3, -0.25) is 33.6 Å². The van der Waals surface area contributed by atoms with E-state index in [1.807, 2.05) is 0 Å². The van der Waals surface area contributed by atoms with Gasteiger partial charge in [-0.05, 0) is 6.92 Å². The number of hydrogen-bond acceptors (Lipinski definition) is 17. The van der Waals surface area contributed by atoms with Crippen LogP contribution in [0.5, 0.6) is 0 Å². The summed E-state index contributed by atoms with van der Waals surface area (Å²) >= 11 is 0. The summed E-state index contributed by atoms with van der Waals surface area (Å²) in [6.07, 6.45) is -14.1. The van der Waals surface area contributed by atoms with Crippen molar-refractivity contribution in [3.05, 3.63) is 0 Å². The molecule has 0 saturated carbocycles. The number of carbonyl (C=O) groups is 7. The summed E-state index contributed by atoms with van der Waals surface area (Å²) in [5.74, 6) is -5.75. The van der Waals surface area contributed by atoms with Crippen molar-refractivity contribution < 1.29 is 80.9 Å². The molecule has 0 N–H and O–H groups in total. The minimum absolute atomic E-state index is 0.569. The molecule has 0 aromatic rings. The van der Waals surface area contributed by atoms with Crippen molar-refractivity contribution in [2.24, 2.45) is 0 Å². The molecule has 0 spiro atoms. The van der Waals surface area contributed by atoms with E-state index in [1.165, 1.54) is 6.92 Å². The Bertz CT molecular complexity index is 1070. The summed E-state index contributed by atoms with van der Waals surface area (Å²) in [5, 5.41) is 0. The van der Waals surface area contributed by atoms with Crippen molar-refractivity contribution in [1.29, 1.82) is 0 Å². The lowest BCUT2D eigenvalue weighted by Gasteiger charge is -2.45. The van der Waals surface area contributed by atoms with Crippen molar-refractivity contribution in [1.82, 2.24) is 0 Å². The van der Waals surface area contributed by atoms with Crippen LogP contribution < -0.4 is 0 Å². The molecule has 242 valence electrons. The zero-order valence-corrected chi connectivity index (χ0v) is 24.9. The van der Waals surface area contributed by atoms with Gasteiger partial charge < -0.3 is 47.4 Å². The first-order chi connectivity index (χ1) is 20.0. The quantitative estimate of drug-likeness (QED) is 0.225. The fourth-order valence-electron chi connectivity index (χ4n) is 4.54. The molecule has 0 amide bonds. The van der Waals surface area contributed by atoms with Gasteiger partial charge in [0.1, 0.15) is 6.10 Å². The number of carbonyl (C=O) groups excluding carboxylic acids is 7. The molecule has 2 aliphatic rings. The third kappa shape index (κ3) is 10.4. The van der Waals surface area contributed by atoms with Crippen molar-refractivity contribution in [2.45, 2.75) is 117 Å². The summed E-state index contributed by atoms with van der Waals surface area (Å²) < 4.78 is 54.5. The van der Waals surface area contributed by atoms with Crippen LogP contribution in [-0.2, 0) is 80.9 Å². The molecule has 2 rings (SSSR count). The highest BCUT2D eigenvalue weighted by Gasteiger charge is 2.55. The van der Waals surface area contributed by atoms with E-state index in [0.717, 1.165) is 48.5 Å². The fraction of sp³-hybridized carbons (Fsp3) is 0.731. The Hall–Kier alpha value is -3.83. The van der Waals surface area contributed by atoms with Crippen LogP contribution in [0.3, 0.4) is 0 Å². The van der Waals surface area contributed by atoms with Crippen molar-refractivity contribution in [2.75, 3.05) is 6.61 Å². The van der Waals surface area contributed by atoms with E-state index in [9.17, 15) is 33.6 Å². The molecule has 0 bridgehead atoms. The van der Waals surface area contributed by atoms with Gasteiger partial charge in [0.15, 0.2) is 36.8 Å². The van der Waals surface area contributed by atoms with Gasteiger partial charge in [-0.15, -0.1) is 0 Å². The average molecular weight is 621 g/mol. The zero-order chi connectivity index (χ0) is 32.6. The van der Waals surface area contributed by atoms with Crippen LogP contribution in [0.2, 0.25) is 0 Å². The first kappa shape index (κ1) is 35.4. The topological polar surface area (TPSA) is 212 Å². The van der Waals surface area contributed by atoms with Gasteiger partial charge >= 0.3 is 41.8 Å². The molecule has 2 saturated heterocycles. The molecule has 0 aromatic carbocycles. The first-order valence-corrected chi connectivity index (χ1v) is 13.1. The second kappa shape index (κ2) is 15.6. The van der Waals surface area contributed by atoms with E-state index in [2.05, 4.69) is 0 Å². The molecule has 43 heavy (non-hydrogen) atoms. The monoisotopic (exact) mass is 620 g/mol. The normalized spacial score (nSPS) is 31.9. The molecule has 0 aromatic heterocycles. The van der Waals surface area contributed by atoms with E-state index in [0.29, 0.717) is 0 Å². The summed E-state index contributed by atoms with van der Waals surface area (Å²) in [5.41, 5.74) is 0. The van der Waals surface area contributed by atoms with Crippen LogP contribution in [0.25, 0.3) is 0 Å². The van der Waals surface area contributed by atoms with E-state index >= 15 is 0 Å². The number of ether oxygens (including phenoxy) is 10. The summed E-state index contributed by atoms with van der Waals surface area (Å²) in [6, 6.07) is 0. The van der Waals surface area contributed by atoms with Gasteiger partial charge in [-0.1, -0.05) is 0 Å². The molecule has 10 unspecified atom stereocenters. The van der Waals surface area contributed by atoms with Crippen LogP contribution in [0, 0.1) is 0 Å². The zero-order valence-electron chi connectivity index (χ0n) is 24.9. The highest BCUT2D eigenvalue weighted by molar-refractivity contribution is 5.70. The maximum absolute atomic E-state index is 12.0. The number of hydrogen-bond donors (Lipinski definition) is 0. The van der Waals surface area contributed by atoms with Crippen LogP contribution in [0.4, 0.5) is 0 Å². The van der Waals surface area contributed by atoms with Crippen LogP contribution in [0.1, 0.15) is 55.4 Å². The minimum atomic E-state index is -1.65. The number of rotatable bonds is 10. The molecule has 2 fully saturated rings. The lowest BCUT2D eigenvalue weighted by Crippen LogP contribution is -2.64. The molecule has 0 aliphatic carbocycles. The Morgan fingerprint density at radius 3 is 1.23 bits per heavy atom. The van der Waals surface area contributed by atoms with Gasteiger partial charge in [0.2, 0.25) is 12.4 Å². The third-order valence-electron chi connectivity index (χ3n) is 5.84. The number of esters is 7. The second-order valence-electron chi connectivity index (χ2n) is 9.64. The average Bonchev–Trinajstić information content (AvgIpc) is 2.84. The molecule has 0 radical (unpaired) electrons. The maximum atomic E-state index is 12.0. The highest BCUT2D eigenvalue weighted by atomic mass is 16.8. The Balaban J connectivity index is 2.47. The lowest BCUT2D eigenvalue weighted by molar-refractivity contribution is -0.327. The summed E-state index contributed by atoms with van der Waals surface area (Å²) in [7, 11) is 0. The molecule has 10 atom stereocenters. The van der Waals surface area contributed by atoms with Crippen LogP contribution >= 0.6 is 0 Å². The summed E-state index contributed by atoms with van der Waals surface area (Å²) in [4.78, 5) is 83.4. The van der Waals surface area contributed by atoms with E-state index in [1.54, 1.807) is 0 Å². The van der Waals surface area contributed by atoms with Gasteiger partial charge in [0.05, 0.1) is 12.7 Å². The third-order valence-corrected chi connectivity index (χ3v) is 5.84. The van der Waals surface area contributed by atoms with Crippen LogP contribution in [0.15, 0.2) is 0 Å². The first-order valence-electron chi connectivity index (χ1n) is 13.1. The Morgan fingerprint density at radius 1 is 0.442 bits per heavy atom. The predicted octanol–water partition coefficient (Wildman–Crippen LogP) is -0.374. The molecular formula is C26H36O17. The van der Waals surface area contributed by atoms with Crippen molar-refractivity contribution in [3.63, 3.8) is 0 Å². The largest absolute Gasteiger partial charge is 0.456 e. The SMILES string of the molecule is CC(=O)OC1OC(COC2OC(C)C(OC(C)=O)C(OC(C)=O)C2OC(C)=O)C(OC(C)=O)C(OC(C)=O)C1OC(C)=O. The molecule has 17 heteroatoms. The molecule has 17 nitrogen and oxygen atoms in total. The van der Waals surface area contributed by atoms with Gasteiger partial charge in [0, 0.05) is 48.5 Å². The standard InChI is InChI=1S/C26H36O17/c1-10-19(36-11(2)27)21(38-13(4)29)23(40-15(6)31)25(35-10)34-9-18-20(37-12(3)28)22(39-14(5)30)24(41-16(7)32)26(43-18)42-17(8)33/h10,18-26H,9H2,1-8H3. The van der Waals surface area contributed by atoms with Crippen molar-refractivity contribution >= 4 is 41.8 Å². The van der Waals surface area contributed by atoms with Gasteiger partial charge in [-0.2, -0.15) is 0 Å². The maximum Gasteiger partial charge on any atom is 0.305 e. The minimum Gasteiger partial charge on any atom is -0.456 e. The molecular weight excluding hydrogens is 584 g/mol. The van der Waals surface area contributed by atoms with Gasteiger partial charge in [-0.25, -0.2) is 0 Å². The predicted molar refractivity (Wildman–Crippen MR) is 134 cm³/mol. The summed E-state index contributed by atoms with van der Waals surface area (Å²) in [6.45, 7) is 8.41. The van der Waals surface area contributed by atoms with Gasteiger partial charge in [0.25, 0.3) is 0 Å². The Kier molecular flexibility index (Phi) is 12.8. The highest BCUT2D eigenvalue weighted by Crippen LogP contribution is 2.33. The molecule has 2 aliphatic heterocycles. The smallest absolute Gasteiger partial charge is 0.305 e. The van der Waals surface area contributed by atoms with E-state index in [4.69, 9.17) is 47.4 Å². The van der Waals surface area contributed by atoms with Crippen LogP contribution in [-0.4, -0.2) is 110 Å². The fourth-order valence-corrected chi connectivity index (χ4v) is 4.54. The Morgan fingerprint density at radius 2 is 0.791 bits per heavy atom. The van der Waals surface area contributed by atoms with E-state index < -0.39 is 110 Å². The second-order valence-corrected chi connectivity index (χ2v) is 9.64. The van der Waals surface area contributed by atoms with Crippen molar-refractivity contribution in [3.8, 4) is 0 Å². The Labute approximate surface area is 246 Å². The van der Waals surface area contributed by atoms with E-state index in [-0.39, 0.29) is 0 Å². The molecule has 2 heterocycles.